The molecule has 0 aliphatic rings. The second-order valence-electron chi connectivity index (χ2n) is 6.05. The summed E-state index contributed by atoms with van der Waals surface area (Å²) in [6, 6.07) is 11.9. The highest BCUT2D eigenvalue weighted by Crippen LogP contribution is 2.16. The fourth-order valence-corrected chi connectivity index (χ4v) is 3.88. The number of pyridine rings is 1. The average molecular weight is 377 g/mol. The Balaban J connectivity index is 1.69. The summed E-state index contributed by atoms with van der Waals surface area (Å²) in [5.41, 5.74) is 2.82. The first-order chi connectivity index (χ1) is 13.2. The van der Waals surface area contributed by atoms with Gasteiger partial charge in [0, 0.05) is 36.7 Å². The van der Waals surface area contributed by atoms with Gasteiger partial charge in [-0.05, 0) is 49.8 Å². The molecule has 0 amide bonds. The van der Waals surface area contributed by atoms with E-state index in [4.69, 9.17) is 0 Å². The number of hydrogen-bond acceptors (Lipinski definition) is 6. The maximum Gasteiger partial charge on any atom is 0.291 e. The first kappa shape index (κ1) is 17.4. The monoisotopic (exact) mass is 377 g/mol. The predicted octanol–water partition coefficient (Wildman–Crippen LogP) is 2.61. The van der Waals surface area contributed by atoms with Gasteiger partial charge in [0.15, 0.2) is 5.82 Å². The Labute approximate surface area is 160 Å². The summed E-state index contributed by atoms with van der Waals surface area (Å²) in [5, 5.41) is 4.34. The van der Waals surface area contributed by atoms with Gasteiger partial charge in [0.05, 0.1) is 4.53 Å². The lowest BCUT2D eigenvalue weighted by molar-refractivity contribution is 0.866. The molecule has 4 rings (SSSR count). The van der Waals surface area contributed by atoms with Gasteiger partial charge in [-0.25, -0.2) is 0 Å². The molecule has 0 aliphatic carbocycles. The second kappa shape index (κ2) is 7.28. The molecule has 3 heterocycles. The minimum absolute atomic E-state index is 0.148. The maximum atomic E-state index is 12.7. The highest BCUT2D eigenvalue weighted by molar-refractivity contribution is 7.15. The number of nitrogens with zero attached hydrogens (tertiary/aromatic N) is 5. The standard InChI is InChI=1S/C20H19N5OS/c1-3-24(4-2)16-9-7-14(8-10-16)12-17-19(26)25-20(27-17)22-18(23-25)15-6-5-11-21-13-15/h5-13H,3-4H2,1-2H3. The van der Waals surface area contributed by atoms with E-state index in [2.05, 4.69) is 45.9 Å². The third kappa shape index (κ3) is 3.33. The lowest BCUT2D eigenvalue weighted by Gasteiger charge is -2.20. The second-order valence-corrected chi connectivity index (χ2v) is 7.06. The van der Waals surface area contributed by atoms with Crippen molar-refractivity contribution >= 4 is 28.1 Å². The smallest absolute Gasteiger partial charge is 0.291 e. The van der Waals surface area contributed by atoms with E-state index in [9.17, 15) is 4.79 Å². The van der Waals surface area contributed by atoms with E-state index in [0.29, 0.717) is 15.3 Å². The van der Waals surface area contributed by atoms with Gasteiger partial charge < -0.3 is 4.90 Å². The summed E-state index contributed by atoms with van der Waals surface area (Å²) in [6.07, 6.45) is 5.27. The van der Waals surface area contributed by atoms with Crippen molar-refractivity contribution in [2.24, 2.45) is 0 Å². The first-order valence-corrected chi connectivity index (χ1v) is 9.68. The molecule has 0 fully saturated rings. The van der Waals surface area contributed by atoms with Crippen molar-refractivity contribution in [3.8, 4) is 11.4 Å². The third-order valence-corrected chi connectivity index (χ3v) is 5.38. The van der Waals surface area contributed by atoms with Crippen molar-refractivity contribution < 1.29 is 0 Å². The number of hydrogen-bond donors (Lipinski definition) is 0. The summed E-state index contributed by atoms with van der Waals surface area (Å²) in [7, 11) is 0. The van der Waals surface area contributed by atoms with Crippen LogP contribution >= 0.6 is 11.3 Å². The van der Waals surface area contributed by atoms with Crippen LogP contribution in [-0.4, -0.2) is 32.7 Å². The van der Waals surface area contributed by atoms with Crippen molar-refractivity contribution in [1.82, 2.24) is 19.6 Å². The van der Waals surface area contributed by atoms with Crippen LogP contribution in [0.4, 0.5) is 5.69 Å². The Morgan fingerprint density at radius 1 is 1.15 bits per heavy atom. The lowest BCUT2D eigenvalue weighted by Crippen LogP contribution is -2.23. The molecule has 0 radical (unpaired) electrons. The molecule has 0 aliphatic heterocycles. The predicted molar refractivity (Wildman–Crippen MR) is 109 cm³/mol. The molecule has 0 saturated carbocycles. The Morgan fingerprint density at radius 2 is 1.93 bits per heavy atom. The summed E-state index contributed by atoms with van der Waals surface area (Å²) < 4.78 is 1.99. The van der Waals surface area contributed by atoms with Crippen LogP contribution in [0.25, 0.3) is 22.4 Å². The van der Waals surface area contributed by atoms with Gasteiger partial charge in [-0.1, -0.05) is 23.5 Å². The lowest BCUT2D eigenvalue weighted by atomic mass is 10.2. The topological polar surface area (TPSA) is 63.4 Å². The molecule has 6 nitrogen and oxygen atoms in total. The van der Waals surface area contributed by atoms with Crippen molar-refractivity contribution in [3.05, 3.63) is 69.2 Å². The van der Waals surface area contributed by atoms with Crippen LogP contribution in [-0.2, 0) is 0 Å². The van der Waals surface area contributed by atoms with Gasteiger partial charge >= 0.3 is 0 Å². The van der Waals surface area contributed by atoms with Gasteiger partial charge in [-0.3, -0.25) is 9.78 Å². The quantitative estimate of drug-likeness (QED) is 0.535. The molecule has 0 N–H and O–H groups in total. The fourth-order valence-electron chi connectivity index (χ4n) is 2.97. The van der Waals surface area contributed by atoms with E-state index in [1.165, 1.54) is 21.5 Å². The van der Waals surface area contributed by atoms with Gasteiger partial charge in [-0.15, -0.1) is 5.10 Å². The van der Waals surface area contributed by atoms with Gasteiger partial charge in [0.2, 0.25) is 4.96 Å². The molecule has 136 valence electrons. The van der Waals surface area contributed by atoms with Crippen LogP contribution in [0.5, 0.6) is 0 Å². The average Bonchev–Trinajstić information content (AvgIpc) is 3.25. The Bertz CT molecular complexity index is 1160. The van der Waals surface area contributed by atoms with Crippen LogP contribution < -0.4 is 15.0 Å². The number of anilines is 1. The van der Waals surface area contributed by atoms with Crippen LogP contribution in [0.15, 0.2) is 53.6 Å². The molecule has 0 atom stereocenters. The normalized spacial score (nSPS) is 12.0. The zero-order valence-electron chi connectivity index (χ0n) is 15.2. The highest BCUT2D eigenvalue weighted by atomic mass is 32.1. The molecule has 7 heteroatoms. The Morgan fingerprint density at radius 3 is 2.56 bits per heavy atom. The van der Waals surface area contributed by atoms with Crippen LogP contribution in [0.3, 0.4) is 0 Å². The van der Waals surface area contributed by atoms with Crippen LogP contribution in [0.1, 0.15) is 19.4 Å². The van der Waals surface area contributed by atoms with Crippen molar-refractivity contribution in [2.45, 2.75) is 13.8 Å². The summed E-state index contributed by atoms with van der Waals surface area (Å²) in [4.78, 5) is 24.1. The summed E-state index contributed by atoms with van der Waals surface area (Å²) >= 11 is 1.34. The van der Waals surface area contributed by atoms with E-state index in [-0.39, 0.29) is 5.56 Å². The molecule has 3 aromatic heterocycles. The van der Waals surface area contributed by atoms with E-state index in [1.807, 2.05) is 30.3 Å². The molecular weight excluding hydrogens is 358 g/mol. The van der Waals surface area contributed by atoms with E-state index in [0.717, 1.165) is 24.2 Å². The largest absolute Gasteiger partial charge is 0.372 e. The zero-order valence-corrected chi connectivity index (χ0v) is 16.0. The molecular formula is C20H19N5OS. The number of rotatable bonds is 5. The molecule has 0 unspecified atom stereocenters. The SMILES string of the molecule is CCN(CC)c1ccc(C=c2sc3nc(-c4cccnc4)nn3c2=O)cc1. The molecule has 0 bridgehead atoms. The number of aromatic nitrogens is 4. The van der Waals surface area contributed by atoms with E-state index >= 15 is 0 Å². The van der Waals surface area contributed by atoms with Crippen molar-refractivity contribution in [3.63, 3.8) is 0 Å². The summed E-state index contributed by atoms with van der Waals surface area (Å²) in [5.74, 6) is 0.515. The number of thiazole rings is 1. The minimum Gasteiger partial charge on any atom is -0.372 e. The Kier molecular flexibility index (Phi) is 4.68. The number of fused-ring (bicyclic) bond motifs is 1. The maximum absolute atomic E-state index is 12.7. The van der Waals surface area contributed by atoms with E-state index < -0.39 is 0 Å². The number of benzene rings is 1. The zero-order chi connectivity index (χ0) is 18.8. The highest BCUT2D eigenvalue weighted by Gasteiger charge is 2.12. The molecule has 0 saturated heterocycles. The summed E-state index contributed by atoms with van der Waals surface area (Å²) in [6.45, 7) is 6.22. The van der Waals surface area contributed by atoms with Crippen LogP contribution in [0.2, 0.25) is 0 Å². The molecule has 1 aromatic carbocycles. The fraction of sp³-hybridized carbons (Fsp3) is 0.200. The molecule has 27 heavy (non-hydrogen) atoms. The van der Waals surface area contributed by atoms with Crippen LogP contribution in [0, 0.1) is 0 Å². The van der Waals surface area contributed by atoms with Gasteiger partial charge in [0.1, 0.15) is 0 Å². The molecule has 4 aromatic rings. The van der Waals surface area contributed by atoms with Crippen molar-refractivity contribution in [1.29, 1.82) is 0 Å². The van der Waals surface area contributed by atoms with E-state index in [1.54, 1.807) is 12.4 Å². The minimum atomic E-state index is -0.148. The first-order valence-electron chi connectivity index (χ1n) is 8.86. The third-order valence-electron chi connectivity index (χ3n) is 4.42. The van der Waals surface area contributed by atoms with Gasteiger partial charge in [-0.2, -0.15) is 9.50 Å². The van der Waals surface area contributed by atoms with Crippen molar-refractivity contribution in [2.75, 3.05) is 18.0 Å². The Hall–Kier alpha value is -3.06. The molecule has 0 spiro atoms. The van der Waals surface area contributed by atoms with Gasteiger partial charge in [0.25, 0.3) is 5.56 Å².